The monoisotopic (exact) mass is 144 g/mol. The second kappa shape index (κ2) is 2.66. The third-order valence-corrected chi connectivity index (χ3v) is 1.64. The first-order chi connectivity index (χ1) is 5.47. The highest BCUT2D eigenvalue weighted by Gasteiger charge is 2.06. The van der Waals surface area contributed by atoms with Crippen LogP contribution < -0.4 is 0 Å². The normalized spacial score (nSPS) is 28.0. The molecule has 0 aromatic heterocycles. The van der Waals surface area contributed by atoms with Gasteiger partial charge in [0.05, 0.1) is 12.3 Å². The summed E-state index contributed by atoms with van der Waals surface area (Å²) in [5.41, 5.74) is 2.24. The average molecular weight is 144 g/mol. The summed E-state index contributed by atoms with van der Waals surface area (Å²) in [6.07, 6.45) is 11.6. The van der Waals surface area contributed by atoms with E-state index in [1.54, 1.807) is 6.21 Å². The highest BCUT2D eigenvalue weighted by Crippen LogP contribution is 2.10. The Morgan fingerprint density at radius 3 is 3.27 bits per heavy atom. The SMILES string of the molecule is C1=C/C2=C/C=C\C=NCC2=N1. The average Bonchev–Trinajstić information content (AvgIpc) is 2.35. The van der Waals surface area contributed by atoms with Gasteiger partial charge in [0.15, 0.2) is 0 Å². The third-order valence-electron chi connectivity index (χ3n) is 1.64. The molecule has 0 aliphatic carbocycles. The van der Waals surface area contributed by atoms with Gasteiger partial charge in [-0.15, -0.1) is 0 Å². The van der Waals surface area contributed by atoms with Crippen LogP contribution in [0.5, 0.6) is 0 Å². The van der Waals surface area contributed by atoms with Gasteiger partial charge >= 0.3 is 0 Å². The van der Waals surface area contributed by atoms with E-state index < -0.39 is 0 Å². The third kappa shape index (κ3) is 1.19. The largest absolute Gasteiger partial charge is 0.287 e. The van der Waals surface area contributed by atoms with E-state index in [2.05, 4.69) is 9.98 Å². The topological polar surface area (TPSA) is 24.7 Å². The van der Waals surface area contributed by atoms with Crippen molar-refractivity contribution in [2.24, 2.45) is 9.98 Å². The van der Waals surface area contributed by atoms with Crippen LogP contribution in [0.1, 0.15) is 0 Å². The highest BCUT2D eigenvalue weighted by atomic mass is 14.8. The molecule has 0 N–H and O–H groups in total. The fraction of sp³-hybridized carbons (Fsp3) is 0.111. The van der Waals surface area contributed by atoms with Gasteiger partial charge in [0.2, 0.25) is 0 Å². The molecule has 2 heterocycles. The second-order valence-electron chi connectivity index (χ2n) is 2.39. The summed E-state index contributed by atoms with van der Waals surface area (Å²) < 4.78 is 0. The number of nitrogens with zero attached hydrogens (tertiary/aromatic N) is 2. The van der Waals surface area contributed by atoms with E-state index in [-0.39, 0.29) is 0 Å². The van der Waals surface area contributed by atoms with E-state index in [0.717, 1.165) is 5.71 Å². The lowest BCUT2D eigenvalue weighted by atomic mass is 10.1. The van der Waals surface area contributed by atoms with Gasteiger partial charge in [-0.05, 0) is 17.7 Å². The molecular weight excluding hydrogens is 136 g/mol. The fourth-order valence-corrected chi connectivity index (χ4v) is 1.07. The van der Waals surface area contributed by atoms with Gasteiger partial charge in [0.25, 0.3) is 0 Å². The molecule has 2 rings (SSSR count). The number of rotatable bonds is 0. The van der Waals surface area contributed by atoms with E-state index in [1.807, 2.05) is 30.5 Å². The van der Waals surface area contributed by atoms with Crippen molar-refractivity contribution in [1.29, 1.82) is 0 Å². The molecule has 0 spiro atoms. The van der Waals surface area contributed by atoms with Crippen LogP contribution in [0.3, 0.4) is 0 Å². The number of hydrogen-bond donors (Lipinski definition) is 0. The molecule has 0 saturated heterocycles. The van der Waals surface area contributed by atoms with E-state index in [1.165, 1.54) is 5.57 Å². The van der Waals surface area contributed by atoms with Gasteiger partial charge in [-0.2, -0.15) is 0 Å². The summed E-state index contributed by atoms with van der Waals surface area (Å²) in [4.78, 5) is 8.33. The van der Waals surface area contributed by atoms with Gasteiger partial charge in [0, 0.05) is 12.4 Å². The Kier molecular flexibility index (Phi) is 1.52. The molecule has 0 aromatic rings. The Hall–Kier alpha value is -1.44. The van der Waals surface area contributed by atoms with E-state index >= 15 is 0 Å². The summed E-state index contributed by atoms with van der Waals surface area (Å²) in [6, 6.07) is 0. The molecule has 2 nitrogen and oxygen atoms in total. The Bertz CT molecular complexity index is 304. The van der Waals surface area contributed by atoms with Crippen LogP contribution >= 0.6 is 0 Å². The van der Waals surface area contributed by atoms with Crippen molar-refractivity contribution in [2.75, 3.05) is 6.54 Å². The van der Waals surface area contributed by atoms with Gasteiger partial charge in [-0.1, -0.05) is 12.2 Å². The second-order valence-corrected chi connectivity index (χ2v) is 2.39. The van der Waals surface area contributed by atoms with Crippen LogP contribution in [0.4, 0.5) is 0 Å². The van der Waals surface area contributed by atoms with Gasteiger partial charge in [-0.25, -0.2) is 0 Å². The predicted octanol–water partition coefficient (Wildman–Crippen LogP) is 1.52. The number of hydrogen-bond acceptors (Lipinski definition) is 2. The highest BCUT2D eigenvalue weighted by molar-refractivity contribution is 6.07. The van der Waals surface area contributed by atoms with Crippen LogP contribution in [-0.2, 0) is 0 Å². The molecule has 0 aromatic carbocycles. The minimum atomic E-state index is 0.698. The van der Waals surface area contributed by atoms with Crippen molar-refractivity contribution in [3.05, 3.63) is 36.1 Å². The van der Waals surface area contributed by atoms with Crippen molar-refractivity contribution in [1.82, 2.24) is 0 Å². The van der Waals surface area contributed by atoms with Gasteiger partial charge < -0.3 is 0 Å². The van der Waals surface area contributed by atoms with Crippen LogP contribution in [0.15, 0.2) is 46.1 Å². The lowest BCUT2D eigenvalue weighted by Crippen LogP contribution is -2.03. The van der Waals surface area contributed by atoms with E-state index in [0.29, 0.717) is 6.54 Å². The van der Waals surface area contributed by atoms with Gasteiger partial charge in [0.1, 0.15) is 0 Å². The first-order valence-electron chi connectivity index (χ1n) is 3.57. The smallest absolute Gasteiger partial charge is 0.0817 e. The molecule has 2 aliphatic rings. The molecule has 0 amide bonds. The molecule has 0 fully saturated rings. The first-order valence-corrected chi connectivity index (χ1v) is 3.57. The first kappa shape index (κ1) is 6.28. The fourth-order valence-electron chi connectivity index (χ4n) is 1.07. The minimum absolute atomic E-state index is 0.698. The molecule has 11 heavy (non-hydrogen) atoms. The van der Waals surface area contributed by atoms with Crippen LogP contribution in [0, 0.1) is 0 Å². The summed E-state index contributed by atoms with van der Waals surface area (Å²) >= 11 is 0. The zero-order chi connectivity index (χ0) is 7.52. The predicted molar refractivity (Wildman–Crippen MR) is 47.2 cm³/mol. The number of fused-ring (bicyclic) bond motifs is 1. The quantitative estimate of drug-likeness (QED) is 0.492. The minimum Gasteiger partial charge on any atom is -0.287 e. The lowest BCUT2D eigenvalue weighted by molar-refractivity contribution is 1.30. The maximum atomic E-state index is 4.18. The van der Waals surface area contributed by atoms with Crippen LogP contribution in [0.25, 0.3) is 0 Å². The van der Waals surface area contributed by atoms with Crippen molar-refractivity contribution in [3.63, 3.8) is 0 Å². The van der Waals surface area contributed by atoms with Gasteiger partial charge in [-0.3, -0.25) is 9.98 Å². The van der Waals surface area contributed by atoms with Crippen molar-refractivity contribution in [2.45, 2.75) is 0 Å². The molecule has 54 valence electrons. The summed E-state index contributed by atoms with van der Waals surface area (Å²) in [5.74, 6) is 0. The molecule has 0 saturated carbocycles. The maximum Gasteiger partial charge on any atom is 0.0817 e. The molecule has 2 heteroatoms. The van der Waals surface area contributed by atoms with Crippen LogP contribution in [0.2, 0.25) is 0 Å². The number of aliphatic imine (C=N–C) groups is 2. The Labute approximate surface area is 65.4 Å². The summed E-state index contributed by atoms with van der Waals surface area (Å²) in [5, 5.41) is 0. The summed E-state index contributed by atoms with van der Waals surface area (Å²) in [6.45, 7) is 0.698. The Balaban J connectivity index is 2.38. The standard InChI is InChI=1S/C9H8N2/c1-2-5-10-7-9-8(3-1)4-6-11-9/h1-6H,7H2/b2-1-,8-3-,10-5?. The zero-order valence-electron chi connectivity index (χ0n) is 6.07. The lowest BCUT2D eigenvalue weighted by Gasteiger charge is -1.98. The molecule has 0 radical (unpaired) electrons. The summed E-state index contributed by atoms with van der Waals surface area (Å²) in [7, 11) is 0. The van der Waals surface area contributed by atoms with Crippen molar-refractivity contribution >= 4 is 11.9 Å². The van der Waals surface area contributed by atoms with Crippen molar-refractivity contribution < 1.29 is 0 Å². The Morgan fingerprint density at radius 2 is 2.27 bits per heavy atom. The number of allylic oxidation sites excluding steroid dienone is 4. The van der Waals surface area contributed by atoms with Crippen LogP contribution in [-0.4, -0.2) is 18.5 Å². The molecule has 0 atom stereocenters. The zero-order valence-corrected chi connectivity index (χ0v) is 6.07. The molecule has 0 bridgehead atoms. The molecular formula is C9H8N2. The van der Waals surface area contributed by atoms with Crippen molar-refractivity contribution in [3.8, 4) is 0 Å². The van der Waals surface area contributed by atoms with E-state index in [9.17, 15) is 0 Å². The molecule has 2 aliphatic heterocycles. The Morgan fingerprint density at radius 1 is 1.27 bits per heavy atom. The van der Waals surface area contributed by atoms with E-state index in [4.69, 9.17) is 0 Å². The maximum absolute atomic E-state index is 4.18. The molecule has 0 unspecified atom stereocenters.